The Bertz CT molecular complexity index is 1310. The van der Waals surface area contributed by atoms with E-state index in [4.69, 9.17) is 27.9 Å². The van der Waals surface area contributed by atoms with Crippen LogP contribution in [0.3, 0.4) is 0 Å². The van der Waals surface area contributed by atoms with Crippen molar-refractivity contribution in [2.75, 3.05) is 11.9 Å². The maximum Gasteiger partial charge on any atom is 0.242 e. The lowest BCUT2D eigenvalue weighted by molar-refractivity contribution is -0.117. The van der Waals surface area contributed by atoms with Gasteiger partial charge in [-0.15, -0.1) is 0 Å². The predicted octanol–water partition coefficient (Wildman–Crippen LogP) is 4.93. The molecule has 0 heterocycles. The number of hydrogen-bond acceptors (Lipinski definition) is 5. The van der Waals surface area contributed by atoms with Crippen molar-refractivity contribution in [1.29, 1.82) is 0 Å². The minimum atomic E-state index is -4.07. The number of rotatable bonds is 9. The molecule has 178 valence electrons. The monoisotopic (exact) mass is 520 g/mol. The highest BCUT2D eigenvalue weighted by Crippen LogP contribution is 2.28. The Morgan fingerprint density at radius 1 is 1.00 bits per heavy atom. The fourth-order valence-electron chi connectivity index (χ4n) is 3.07. The Balaban J connectivity index is 1.78. The van der Waals surface area contributed by atoms with Gasteiger partial charge in [0.1, 0.15) is 5.75 Å². The summed E-state index contributed by atoms with van der Waals surface area (Å²) in [5, 5.41) is 3.06. The molecule has 0 fully saturated rings. The number of benzene rings is 3. The summed E-state index contributed by atoms with van der Waals surface area (Å²) in [5.41, 5.74) is 0.806. The smallest absolute Gasteiger partial charge is 0.242 e. The molecule has 0 aromatic heterocycles. The molecule has 7 nitrogen and oxygen atoms in total. The van der Waals surface area contributed by atoms with E-state index in [-0.39, 0.29) is 27.0 Å². The summed E-state index contributed by atoms with van der Waals surface area (Å²) in [7, 11) is -4.07. The largest absolute Gasteiger partial charge is 0.492 e. The molecule has 1 atom stereocenters. The summed E-state index contributed by atoms with van der Waals surface area (Å²) in [5.74, 6) is -0.645. The van der Waals surface area contributed by atoms with E-state index in [1.165, 1.54) is 43.3 Å². The van der Waals surface area contributed by atoms with Gasteiger partial charge in [-0.05, 0) is 50.2 Å². The zero-order chi connectivity index (χ0) is 24.9. The molecule has 3 rings (SSSR count). The van der Waals surface area contributed by atoms with Crippen LogP contribution in [0.25, 0.3) is 0 Å². The maximum absolute atomic E-state index is 12.9. The molecule has 0 saturated heterocycles. The molecule has 0 aliphatic carbocycles. The Kier molecular flexibility index (Phi) is 8.33. The first kappa shape index (κ1) is 25.7. The highest BCUT2D eigenvalue weighted by atomic mass is 35.5. The summed E-state index contributed by atoms with van der Waals surface area (Å²) >= 11 is 12.2. The molecule has 3 aromatic rings. The Morgan fingerprint density at radius 3 is 2.35 bits per heavy atom. The molecular weight excluding hydrogens is 499 g/mol. The number of hydrogen-bond donors (Lipinski definition) is 2. The van der Waals surface area contributed by atoms with Gasteiger partial charge in [0.05, 0.1) is 28.3 Å². The van der Waals surface area contributed by atoms with Gasteiger partial charge in [-0.25, -0.2) is 8.42 Å². The van der Waals surface area contributed by atoms with Crippen LogP contribution in [-0.4, -0.2) is 32.8 Å². The molecule has 3 aromatic carbocycles. The van der Waals surface area contributed by atoms with Crippen molar-refractivity contribution >= 4 is 50.6 Å². The van der Waals surface area contributed by atoms with E-state index in [0.717, 1.165) is 0 Å². The highest BCUT2D eigenvalue weighted by Gasteiger charge is 2.24. The van der Waals surface area contributed by atoms with E-state index in [9.17, 15) is 18.0 Å². The van der Waals surface area contributed by atoms with Crippen LogP contribution in [0.15, 0.2) is 71.6 Å². The molecule has 0 bridgehead atoms. The van der Waals surface area contributed by atoms with Crippen molar-refractivity contribution in [1.82, 2.24) is 4.72 Å². The topological polar surface area (TPSA) is 102 Å². The Labute approximate surface area is 208 Å². The van der Waals surface area contributed by atoms with Gasteiger partial charge in [0.15, 0.2) is 5.78 Å². The van der Waals surface area contributed by atoms with Crippen molar-refractivity contribution in [3.8, 4) is 5.75 Å². The molecule has 0 saturated carbocycles. The lowest BCUT2D eigenvalue weighted by Gasteiger charge is -2.17. The standard InChI is InChI=1S/C24H22Cl2N2O5S/c1-3-33-22-12-10-18(14-20(22)26)34(31,32)28-15(2)24(30)27-21-11-9-17(25)13-19(21)23(29)16-7-5-4-6-8-16/h4-15,28H,3H2,1-2H3,(H,27,30)/t15-/m1/s1. The second kappa shape index (κ2) is 11.0. The summed E-state index contributed by atoms with van der Waals surface area (Å²) < 4.78 is 33.2. The van der Waals surface area contributed by atoms with Crippen molar-refractivity contribution < 1.29 is 22.7 Å². The Hall–Kier alpha value is -2.91. The fraction of sp³-hybridized carbons (Fsp3) is 0.167. The first-order chi connectivity index (χ1) is 16.1. The number of carbonyl (C=O) groups is 2. The highest BCUT2D eigenvalue weighted by molar-refractivity contribution is 7.89. The number of ether oxygens (including phenoxy) is 1. The molecule has 0 aliphatic heterocycles. The zero-order valence-corrected chi connectivity index (χ0v) is 20.7. The number of sulfonamides is 1. The lowest BCUT2D eigenvalue weighted by Crippen LogP contribution is -2.41. The summed E-state index contributed by atoms with van der Waals surface area (Å²) in [6.07, 6.45) is 0. The lowest BCUT2D eigenvalue weighted by atomic mass is 10.0. The number of nitrogens with one attached hydrogen (secondary N) is 2. The molecule has 10 heteroatoms. The summed E-state index contributed by atoms with van der Waals surface area (Å²) in [4.78, 5) is 25.6. The van der Waals surface area contributed by atoms with Crippen LogP contribution in [0.2, 0.25) is 10.0 Å². The van der Waals surface area contributed by atoms with E-state index in [1.807, 2.05) is 0 Å². The van der Waals surface area contributed by atoms with Crippen LogP contribution < -0.4 is 14.8 Å². The SMILES string of the molecule is CCOc1ccc(S(=O)(=O)N[C@H](C)C(=O)Nc2ccc(Cl)cc2C(=O)c2ccccc2)cc1Cl. The first-order valence-electron chi connectivity index (χ1n) is 10.3. The third kappa shape index (κ3) is 6.15. The second-order valence-corrected chi connectivity index (χ2v) is 9.80. The summed E-state index contributed by atoms with van der Waals surface area (Å²) in [6, 6.07) is 15.8. The normalized spacial score (nSPS) is 12.1. The van der Waals surface area contributed by atoms with Crippen LogP contribution in [0.4, 0.5) is 5.69 Å². The average molecular weight is 521 g/mol. The van der Waals surface area contributed by atoms with E-state index >= 15 is 0 Å². The van der Waals surface area contributed by atoms with Crippen LogP contribution in [-0.2, 0) is 14.8 Å². The van der Waals surface area contributed by atoms with Crippen molar-refractivity contribution in [2.24, 2.45) is 0 Å². The van der Waals surface area contributed by atoms with E-state index in [2.05, 4.69) is 10.0 Å². The Morgan fingerprint density at radius 2 is 1.71 bits per heavy atom. The van der Waals surface area contributed by atoms with Gasteiger partial charge in [-0.2, -0.15) is 4.72 Å². The second-order valence-electron chi connectivity index (χ2n) is 7.24. The van der Waals surface area contributed by atoms with Crippen LogP contribution in [0.1, 0.15) is 29.8 Å². The molecule has 0 aliphatic rings. The molecular formula is C24H22Cl2N2O5S. The molecule has 0 spiro atoms. The number of ketones is 1. The fourth-order valence-corrected chi connectivity index (χ4v) is 4.78. The molecule has 34 heavy (non-hydrogen) atoms. The number of halogens is 2. The van der Waals surface area contributed by atoms with Gasteiger partial charge in [-0.3, -0.25) is 9.59 Å². The predicted molar refractivity (Wildman–Crippen MR) is 132 cm³/mol. The van der Waals surface area contributed by atoms with Crippen molar-refractivity contribution in [3.05, 3.63) is 87.9 Å². The first-order valence-corrected chi connectivity index (χ1v) is 12.5. The van der Waals surface area contributed by atoms with E-state index < -0.39 is 22.0 Å². The van der Waals surface area contributed by atoms with Crippen molar-refractivity contribution in [2.45, 2.75) is 24.8 Å². The maximum atomic E-state index is 12.9. The van der Waals surface area contributed by atoms with Gasteiger partial charge in [0.2, 0.25) is 15.9 Å². The third-order valence-electron chi connectivity index (χ3n) is 4.76. The van der Waals surface area contributed by atoms with E-state index in [0.29, 0.717) is 22.9 Å². The molecule has 0 radical (unpaired) electrons. The number of amides is 1. The van der Waals surface area contributed by atoms with Crippen LogP contribution in [0, 0.1) is 0 Å². The summed E-state index contributed by atoms with van der Waals surface area (Å²) in [6.45, 7) is 3.54. The van der Waals surface area contributed by atoms with Gasteiger partial charge < -0.3 is 10.1 Å². The van der Waals surface area contributed by atoms with Crippen LogP contribution in [0.5, 0.6) is 5.75 Å². The minimum Gasteiger partial charge on any atom is -0.492 e. The van der Waals surface area contributed by atoms with Gasteiger partial charge in [0, 0.05) is 16.1 Å². The third-order valence-corrected chi connectivity index (χ3v) is 6.83. The van der Waals surface area contributed by atoms with Crippen LogP contribution >= 0.6 is 23.2 Å². The molecule has 2 N–H and O–H groups in total. The molecule has 0 unspecified atom stereocenters. The quantitative estimate of drug-likeness (QED) is 0.389. The van der Waals surface area contributed by atoms with E-state index in [1.54, 1.807) is 37.3 Å². The zero-order valence-electron chi connectivity index (χ0n) is 18.3. The number of anilines is 1. The minimum absolute atomic E-state index is 0.118. The molecule has 1 amide bonds. The van der Waals surface area contributed by atoms with Gasteiger partial charge in [0.25, 0.3) is 0 Å². The number of carbonyl (C=O) groups excluding carboxylic acids is 2. The van der Waals surface area contributed by atoms with Gasteiger partial charge in [-0.1, -0.05) is 53.5 Å². The van der Waals surface area contributed by atoms with Gasteiger partial charge >= 0.3 is 0 Å². The van der Waals surface area contributed by atoms with Crippen molar-refractivity contribution in [3.63, 3.8) is 0 Å². The average Bonchev–Trinajstić information content (AvgIpc) is 2.81.